The van der Waals surface area contributed by atoms with Crippen LogP contribution in [0.3, 0.4) is 0 Å². The van der Waals surface area contributed by atoms with Gasteiger partial charge in [-0.15, -0.1) is 0 Å². The lowest BCUT2D eigenvalue weighted by Crippen LogP contribution is -2.33. The molecule has 4 nitrogen and oxygen atoms in total. The molecule has 0 fully saturated rings. The average Bonchev–Trinajstić information content (AvgIpc) is 2.66. The first-order valence-corrected chi connectivity index (χ1v) is 6.68. The number of hydrogen-bond acceptors (Lipinski definition) is 3. The first kappa shape index (κ1) is 15.4. The Morgan fingerprint density at radius 2 is 1.53 bits per heavy atom. The topological polar surface area (TPSA) is 46.6 Å². The number of benzene rings is 1. The minimum Gasteiger partial charge on any atom is -0.377 e. The van der Waals surface area contributed by atoms with Gasteiger partial charge in [-0.25, -0.2) is 0 Å². The highest BCUT2D eigenvalue weighted by atomic mass is 16.5. The maximum Gasteiger partial charge on any atom is 0.261 e. The van der Waals surface area contributed by atoms with E-state index < -0.39 is 0 Å². The van der Waals surface area contributed by atoms with Gasteiger partial charge in [-0.05, 0) is 26.0 Å². The molecule has 1 aromatic carbocycles. The number of imide groups is 1. The number of carbonyl (C=O) groups excluding carboxylic acids is 2. The number of fused-ring (bicyclic) bond motifs is 1. The van der Waals surface area contributed by atoms with E-state index >= 15 is 0 Å². The quantitative estimate of drug-likeness (QED) is 0.785. The minimum absolute atomic E-state index is 0.102. The Morgan fingerprint density at radius 3 is 1.95 bits per heavy atom. The van der Waals surface area contributed by atoms with Crippen molar-refractivity contribution in [1.29, 1.82) is 0 Å². The standard InChI is InChI=1S/C13H15NO3.C2H6/c1-9(2)17-8-7-14-12(15)10-5-3-4-6-11(10)13(14)16;1-2/h3-6,9H,7-8H2,1-2H3;1-2H3. The summed E-state index contributed by atoms with van der Waals surface area (Å²) in [5.74, 6) is -0.448. The molecule has 0 bridgehead atoms. The van der Waals surface area contributed by atoms with Gasteiger partial charge < -0.3 is 4.74 Å². The lowest BCUT2D eigenvalue weighted by molar-refractivity contribution is 0.0448. The molecule has 0 aromatic heterocycles. The molecule has 0 aliphatic carbocycles. The second-order valence-electron chi connectivity index (χ2n) is 4.23. The molecule has 0 saturated carbocycles. The highest BCUT2D eigenvalue weighted by Gasteiger charge is 2.34. The van der Waals surface area contributed by atoms with Crippen LogP contribution in [-0.2, 0) is 4.74 Å². The van der Waals surface area contributed by atoms with Gasteiger partial charge in [-0.1, -0.05) is 26.0 Å². The molecule has 0 saturated heterocycles. The number of hydrogen-bond donors (Lipinski definition) is 0. The molecule has 4 heteroatoms. The predicted octanol–water partition coefficient (Wildman–Crippen LogP) is 2.73. The fraction of sp³-hybridized carbons (Fsp3) is 0.467. The number of amides is 2. The van der Waals surface area contributed by atoms with Crippen molar-refractivity contribution in [2.75, 3.05) is 13.2 Å². The molecule has 19 heavy (non-hydrogen) atoms. The number of ether oxygens (including phenoxy) is 1. The summed E-state index contributed by atoms with van der Waals surface area (Å²) in [7, 11) is 0. The van der Waals surface area contributed by atoms with Crippen molar-refractivity contribution in [3.05, 3.63) is 35.4 Å². The van der Waals surface area contributed by atoms with Crippen LogP contribution in [0.5, 0.6) is 0 Å². The summed E-state index contributed by atoms with van der Waals surface area (Å²) in [5.41, 5.74) is 0.976. The molecule has 0 unspecified atom stereocenters. The van der Waals surface area contributed by atoms with Crippen LogP contribution in [0, 0.1) is 0 Å². The summed E-state index contributed by atoms with van der Waals surface area (Å²) in [6.45, 7) is 8.53. The van der Waals surface area contributed by atoms with Crippen LogP contribution >= 0.6 is 0 Å². The van der Waals surface area contributed by atoms with E-state index in [4.69, 9.17) is 4.74 Å². The molecule has 1 heterocycles. The molecular formula is C15H21NO3. The van der Waals surface area contributed by atoms with E-state index in [1.54, 1.807) is 24.3 Å². The van der Waals surface area contributed by atoms with E-state index in [1.807, 2.05) is 27.7 Å². The van der Waals surface area contributed by atoms with Crippen LogP contribution in [0.25, 0.3) is 0 Å². The van der Waals surface area contributed by atoms with Crippen molar-refractivity contribution in [3.8, 4) is 0 Å². The summed E-state index contributed by atoms with van der Waals surface area (Å²) in [6.07, 6.45) is 0.102. The molecule has 1 aliphatic heterocycles. The van der Waals surface area contributed by atoms with Crippen molar-refractivity contribution in [3.63, 3.8) is 0 Å². The van der Waals surface area contributed by atoms with Crippen molar-refractivity contribution in [2.45, 2.75) is 33.8 Å². The van der Waals surface area contributed by atoms with Gasteiger partial charge in [0.1, 0.15) is 0 Å². The number of rotatable bonds is 4. The van der Waals surface area contributed by atoms with Crippen molar-refractivity contribution in [1.82, 2.24) is 4.90 Å². The zero-order valence-electron chi connectivity index (χ0n) is 12.0. The Labute approximate surface area is 114 Å². The molecule has 104 valence electrons. The third kappa shape index (κ3) is 3.41. The van der Waals surface area contributed by atoms with Gasteiger partial charge in [0.05, 0.1) is 30.4 Å². The Kier molecular flexibility index (Phi) is 5.70. The largest absolute Gasteiger partial charge is 0.377 e. The minimum atomic E-state index is -0.224. The van der Waals surface area contributed by atoms with Crippen molar-refractivity contribution >= 4 is 11.8 Å². The number of carbonyl (C=O) groups is 2. The molecule has 2 amide bonds. The fourth-order valence-electron chi connectivity index (χ4n) is 1.82. The van der Waals surface area contributed by atoms with E-state index in [2.05, 4.69) is 0 Å². The Bertz CT molecular complexity index is 419. The average molecular weight is 263 g/mol. The van der Waals surface area contributed by atoms with Crippen molar-refractivity contribution < 1.29 is 14.3 Å². The van der Waals surface area contributed by atoms with Gasteiger partial charge >= 0.3 is 0 Å². The van der Waals surface area contributed by atoms with Gasteiger partial charge in [0.25, 0.3) is 11.8 Å². The highest BCUT2D eigenvalue weighted by Crippen LogP contribution is 2.21. The van der Waals surface area contributed by atoms with Crippen molar-refractivity contribution in [2.24, 2.45) is 0 Å². The lowest BCUT2D eigenvalue weighted by atomic mass is 10.1. The molecule has 1 aromatic rings. The monoisotopic (exact) mass is 263 g/mol. The van der Waals surface area contributed by atoms with E-state index in [0.717, 1.165) is 0 Å². The predicted molar refractivity (Wildman–Crippen MR) is 74.2 cm³/mol. The zero-order valence-corrected chi connectivity index (χ0v) is 12.0. The first-order valence-electron chi connectivity index (χ1n) is 6.68. The summed E-state index contributed by atoms with van der Waals surface area (Å²) in [4.78, 5) is 25.1. The maximum atomic E-state index is 11.9. The Hall–Kier alpha value is -1.68. The van der Waals surface area contributed by atoms with Gasteiger partial charge in [0.2, 0.25) is 0 Å². The van der Waals surface area contributed by atoms with Gasteiger partial charge in [0.15, 0.2) is 0 Å². The zero-order chi connectivity index (χ0) is 14.4. The van der Waals surface area contributed by atoms with Gasteiger partial charge in [-0.2, -0.15) is 0 Å². The Balaban J connectivity index is 0.000000861. The molecule has 0 atom stereocenters. The normalized spacial score (nSPS) is 13.4. The number of nitrogens with zero attached hydrogens (tertiary/aromatic N) is 1. The summed E-state index contributed by atoms with van der Waals surface area (Å²) in [5, 5.41) is 0. The second kappa shape index (κ2) is 7.04. The van der Waals surface area contributed by atoms with E-state index in [1.165, 1.54) is 4.90 Å². The fourth-order valence-corrected chi connectivity index (χ4v) is 1.82. The SMILES string of the molecule is CC.CC(C)OCCN1C(=O)c2ccccc2C1=O. The summed E-state index contributed by atoms with van der Waals surface area (Å²) in [6, 6.07) is 6.88. The van der Waals surface area contributed by atoms with Crippen LogP contribution in [0.4, 0.5) is 0 Å². The second-order valence-corrected chi connectivity index (χ2v) is 4.23. The molecule has 0 spiro atoms. The van der Waals surface area contributed by atoms with Crippen LogP contribution in [0.1, 0.15) is 48.4 Å². The maximum absolute atomic E-state index is 11.9. The van der Waals surface area contributed by atoms with E-state index in [0.29, 0.717) is 24.3 Å². The third-order valence-electron chi connectivity index (χ3n) is 2.64. The van der Waals surface area contributed by atoms with Crippen LogP contribution in [0.15, 0.2) is 24.3 Å². The van der Waals surface area contributed by atoms with E-state index in [9.17, 15) is 9.59 Å². The molecule has 2 rings (SSSR count). The Morgan fingerprint density at radius 1 is 1.05 bits per heavy atom. The highest BCUT2D eigenvalue weighted by molar-refractivity contribution is 6.21. The van der Waals surface area contributed by atoms with Crippen LogP contribution < -0.4 is 0 Å². The van der Waals surface area contributed by atoms with Gasteiger partial charge in [0, 0.05) is 0 Å². The molecule has 0 N–H and O–H groups in total. The van der Waals surface area contributed by atoms with Crippen LogP contribution in [0.2, 0.25) is 0 Å². The molecule has 1 aliphatic rings. The third-order valence-corrected chi connectivity index (χ3v) is 2.64. The smallest absolute Gasteiger partial charge is 0.261 e. The van der Waals surface area contributed by atoms with Gasteiger partial charge in [-0.3, -0.25) is 14.5 Å². The van der Waals surface area contributed by atoms with E-state index in [-0.39, 0.29) is 17.9 Å². The summed E-state index contributed by atoms with van der Waals surface area (Å²) < 4.78 is 5.35. The first-order chi connectivity index (χ1) is 9.11. The molecule has 0 radical (unpaired) electrons. The molecular weight excluding hydrogens is 242 g/mol. The van der Waals surface area contributed by atoms with Crippen LogP contribution in [-0.4, -0.2) is 36.0 Å². The lowest BCUT2D eigenvalue weighted by Gasteiger charge is -2.14. The summed E-state index contributed by atoms with van der Waals surface area (Å²) >= 11 is 0.